The van der Waals surface area contributed by atoms with E-state index in [1.165, 1.54) is 24.5 Å². The highest BCUT2D eigenvalue weighted by atomic mass is 19.3. The van der Waals surface area contributed by atoms with Crippen LogP contribution >= 0.6 is 0 Å². The molecule has 2 rings (SSSR count). The Morgan fingerprint density at radius 3 is 2.81 bits per heavy atom. The predicted octanol–water partition coefficient (Wildman–Crippen LogP) is 3.21. The zero-order valence-electron chi connectivity index (χ0n) is 11.0. The van der Waals surface area contributed by atoms with Crippen LogP contribution in [-0.4, -0.2) is 12.5 Å². The molecule has 0 aliphatic carbocycles. The Kier molecular flexibility index (Phi) is 5.09. The first-order chi connectivity index (χ1) is 10.1. The van der Waals surface area contributed by atoms with Gasteiger partial charge in [0.15, 0.2) is 0 Å². The van der Waals surface area contributed by atoms with Crippen molar-refractivity contribution in [3.05, 3.63) is 60.1 Å². The number of furan rings is 1. The molecule has 0 bridgehead atoms. The van der Waals surface area contributed by atoms with Gasteiger partial charge >= 0.3 is 6.61 Å². The number of amides is 1. The Labute approximate surface area is 120 Å². The maximum Gasteiger partial charge on any atom is 0.387 e. The number of benzene rings is 1. The third-order valence-electron chi connectivity index (χ3n) is 2.57. The van der Waals surface area contributed by atoms with Crippen molar-refractivity contribution in [3.63, 3.8) is 0 Å². The molecular weight excluding hydrogens is 280 g/mol. The number of nitrogens with one attached hydrogen (secondary N) is 1. The molecular formula is C15H13F2NO3. The second kappa shape index (κ2) is 7.23. The fourth-order valence-corrected chi connectivity index (χ4v) is 1.63. The van der Waals surface area contributed by atoms with Gasteiger partial charge in [0, 0.05) is 11.6 Å². The van der Waals surface area contributed by atoms with E-state index in [0.29, 0.717) is 11.3 Å². The molecule has 0 aliphatic rings. The van der Waals surface area contributed by atoms with Crippen LogP contribution < -0.4 is 10.1 Å². The van der Waals surface area contributed by atoms with Gasteiger partial charge in [-0.2, -0.15) is 8.78 Å². The summed E-state index contributed by atoms with van der Waals surface area (Å²) in [6.45, 7) is -2.65. The Morgan fingerprint density at radius 2 is 2.10 bits per heavy atom. The molecule has 1 N–H and O–H groups in total. The lowest BCUT2D eigenvalue weighted by molar-refractivity contribution is -0.116. The van der Waals surface area contributed by atoms with Crippen molar-refractivity contribution < 1.29 is 22.7 Å². The van der Waals surface area contributed by atoms with Crippen molar-refractivity contribution in [1.29, 1.82) is 0 Å². The molecule has 0 unspecified atom stereocenters. The summed E-state index contributed by atoms with van der Waals surface area (Å²) in [6.07, 6.45) is 4.17. The van der Waals surface area contributed by atoms with E-state index in [0.717, 1.165) is 0 Å². The summed E-state index contributed by atoms with van der Waals surface area (Å²) in [5.74, 6) is 0.277. The molecule has 2 aromatic rings. The molecule has 1 aromatic carbocycles. The Balaban J connectivity index is 1.95. The zero-order valence-corrected chi connectivity index (χ0v) is 11.0. The molecule has 0 saturated carbocycles. The van der Waals surface area contributed by atoms with Gasteiger partial charge in [-0.05, 0) is 24.3 Å². The highest BCUT2D eigenvalue weighted by Gasteiger charge is 2.07. The molecule has 1 heterocycles. The normalized spacial score (nSPS) is 11.0. The van der Waals surface area contributed by atoms with Crippen LogP contribution in [0, 0.1) is 0 Å². The van der Waals surface area contributed by atoms with Crippen molar-refractivity contribution in [2.24, 2.45) is 0 Å². The summed E-state index contributed by atoms with van der Waals surface area (Å²) in [6, 6.07) is 9.68. The summed E-state index contributed by atoms with van der Waals surface area (Å²) in [7, 11) is 0. The first-order valence-electron chi connectivity index (χ1n) is 6.17. The molecule has 4 nitrogen and oxygen atoms in total. The maximum absolute atomic E-state index is 12.2. The number of carbonyl (C=O) groups excluding carboxylic acids is 1. The Bertz CT molecular complexity index is 609. The monoisotopic (exact) mass is 293 g/mol. The zero-order chi connectivity index (χ0) is 15.1. The number of hydrogen-bond donors (Lipinski definition) is 1. The predicted molar refractivity (Wildman–Crippen MR) is 72.7 cm³/mol. The van der Waals surface area contributed by atoms with Gasteiger partial charge in [-0.1, -0.05) is 18.2 Å². The number of hydrogen-bond acceptors (Lipinski definition) is 3. The van der Waals surface area contributed by atoms with E-state index in [4.69, 9.17) is 4.42 Å². The van der Waals surface area contributed by atoms with Gasteiger partial charge < -0.3 is 14.5 Å². The van der Waals surface area contributed by atoms with Gasteiger partial charge in [-0.15, -0.1) is 0 Å². The van der Waals surface area contributed by atoms with Gasteiger partial charge in [0.1, 0.15) is 11.5 Å². The van der Waals surface area contributed by atoms with Crippen LogP contribution in [0.2, 0.25) is 0 Å². The molecule has 0 atom stereocenters. The van der Waals surface area contributed by atoms with Crippen LogP contribution in [0.5, 0.6) is 5.75 Å². The highest BCUT2D eigenvalue weighted by Crippen LogP contribution is 2.21. The molecule has 0 saturated heterocycles. The molecule has 1 amide bonds. The lowest BCUT2D eigenvalue weighted by atomic mass is 10.2. The third-order valence-corrected chi connectivity index (χ3v) is 2.57. The number of halogens is 2. The van der Waals surface area contributed by atoms with Gasteiger partial charge in [0.05, 0.1) is 12.8 Å². The van der Waals surface area contributed by atoms with Crippen molar-refractivity contribution in [2.45, 2.75) is 13.2 Å². The van der Waals surface area contributed by atoms with Crippen LogP contribution in [0.4, 0.5) is 8.78 Å². The van der Waals surface area contributed by atoms with Crippen LogP contribution in [0.25, 0.3) is 6.08 Å². The maximum atomic E-state index is 12.2. The third kappa shape index (κ3) is 4.76. The van der Waals surface area contributed by atoms with E-state index >= 15 is 0 Å². The Hall–Kier alpha value is -2.63. The molecule has 110 valence electrons. The van der Waals surface area contributed by atoms with E-state index < -0.39 is 6.61 Å². The van der Waals surface area contributed by atoms with Crippen molar-refractivity contribution in [1.82, 2.24) is 5.32 Å². The van der Waals surface area contributed by atoms with Gasteiger partial charge in [0.2, 0.25) is 5.91 Å². The molecule has 0 spiro atoms. The topological polar surface area (TPSA) is 51.5 Å². The summed E-state index contributed by atoms with van der Waals surface area (Å²) < 4.78 is 33.9. The average molecular weight is 293 g/mol. The first kappa shape index (κ1) is 14.8. The minimum atomic E-state index is -2.91. The quantitative estimate of drug-likeness (QED) is 0.832. The second-order valence-electron chi connectivity index (χ2n) is 4.05. The largest absolute Gasteiger partial charge is 0.467 e. The molecule has 0 radical (unpaired) electrons. The lowest BCUT2D eigenvalue weighted by Gasteiger charge is -2.07. The Morgan fingerprint density at radius 1 is 1.29 bits per heavy atom. The average Bonchev–Trinajstić information content (AvgIpc) is 2.97. The van der Waals surface area contributed by atoms with E-state index in [1.807, 2.05) is 0 Å². The molecule has 21 heavy (non-hydrogen) atoms. The van der Waals surface area contributed by atoms with Crippen LogP contribution in [-0.2, 0) is 11.3 Å². The number of alkyl halides is 2. The minimum Gasteiger partial charge on any atom is -0.467 e. The molecule has 0 aliphatic heterocycles. The summed E-state index contributed by atoms with van der Waals surface area (Å²) in [5.41, 5.74) is 0.394. The SMILES string of the molecule is O=C(/C=C/c1ccccc1OC(F)F)NCc1ccco1. The minimum absolute atomic E-state index is 0.0163. The van der Waals surface area contributed by atoms with Crippen LogP contribution in [0.15, 0.2) is 53.2 Å². The number of rotatable bonds is 6. The fraction of sp³-hybridized carbons (Fsp3) is 0.133. The van der Waals surface area contributed by atoms with Crippen molar-refractivity contribution >= 4 is 12.0 Å². The first-order valence-corrected chi connectivity index (χ1v) is 6.17. The molecule has 6 heteroatoms. The number of para-hydroxylation sites is 1. The van der Waals surface area contributed by atoms with E-state index in [-0.39, 0.29) is 18.2 Å². The highest BCUT2D eigenvalue weighted by molar-refractivity contribution is 5.92. The van der Waals surface area contributed by atoms with Gasteiger partial charge in [0.25, 0.3) is 0 Å². The summed E-state index contributed by atoms with van der Waals surface area (Å²) in [4.78, 5) is 11.6. The summed E-state index contributed by atoms with van der Waals surface area (Å²) >= 11 is 0. The van der Waals surface area contributed by atoms with Gasteiger partial charge in [-0.25, -0.2) is 0 Å². The van der Waals surface area contributed by atoms with Gasteiger partial charge in [-0.3, -0.25) is 4.79 Å². The van der Waals surface area contributed by atoms with Crippen molar-refractivity contribution in [2.75, 3.05) is 0 Å². The number of ether oxygens (including phenoxy) is 1. The van der Waals surface area contributed by atoms with Crippen LogP contribution in [0.3, 0.4) is 0 Å². The second-order valence-corrected chi connectivity index (χ2v) is 4.05. The fourth-order valence-electron chi connectivity index (χ4n) is 1.63. The molecule has 1 aromatic heterocycles. The molecule has 0 fully saturated rings. The van der Waals surface area contributed by atoms with Crippen LogP contribution in [0.1, 0.15) is 11.3 Å². The summed E-state index contributed by atoms with van der Waals surface area (Å²) in [5, 5.41) is 2.61. The smallest absolute Gasteiger partial charge is 0.387 e. The standard InChI is InChI=1S/C15H13F2NO3/c16-15(17)21-13-6-2-1-4-11(13)7-8-14(19)18-10-12-5-3-9-20-12/h1-9,15H,10H2,(H,18,19)/b8-7+. The van der Waals surface area contributed by atoms with Crippen molar-refractivity contribution in [3.8, 4) is 5.75 Å². The van der Waals surface area contributed by atoms with E-state index in [9.17, 15) is 13.6 Å². The number of carbonyl (C=O) groups is 1. The van der Waals surface area contributed by atoms with E-state index in [2.05, 4.69) is 10.1 Å². The van der Waals surface area contributed by atoms with E-state index in [1.54, 1.807) is 30.3 Å². The lowest BCUT2D eigenvalue weighted by Crippen LogP contribution is -2.19.